The Morgan fingerprint density at radius 2 is 2.14 bits per heavy atom. The number of benzene rings is 1. The molecule has 1 aromatic carbocycles. The number of aryl methyl sites for hydroxylation is 1. The molecule has 1 aromatic heterocycles. The Kier molecular flexibility index (Phi) is 3.09. The Morgan fingerprint density at radius 3 is 2.71 bits per heavy atom. The zero-order chi connectivity index (χ0) is 9.26. The lowest BCUT2D eigenvalue weighted by atomic mass is 10.2. The molecule has 0 unspecified atom stereocenters. The molecule has 14 heavy (non-hydrogen) atoms. The van der Waals surface area contributed by atoms with Crippen molar-refractivity contribution >= 4 is 18.1 Å². The van der Waals surface area contributed by atoms with Crippen molar-refractivity contribution < 1.29 is 4.52 Å². The normalized spacial score (nSPS) is 9.50. The summed E-state index contributed by atoms with van der Waals surface area (Å²) in [6.45, 7) is 1.75. The fourth-order valence-electron chi connectivity index (χ4n) is 1.09. The van der Waals surface area contributed by atoms with Gasteiger partial charge in [0.2, 0.25) is 11.7 Å². The Balaban J connectivity index is 0.000000980. The fourth-order valence-corrected chi connectivity index (χ4v) is 1.09. The second-order valence-electron chi connectivity index (χ2n) is 2.76. The molecule has 2 aromatic rings. The van der Waals surface area contributed by atoms with E-state index in [1.165, 1.54) is 0 Å². The summed E-state index contributed by atoms with van der Waals surface area (Å²) in [5.74, 6) is 1.13. The van der Waals surface area contributed by atoms with Crippen LogP contribution in [0.4, 0.5) is 5.69 Å². The fraction of sp³-hybridized carbons (Fsp3) is 0.111. The van der Waals surface area contributed by atoms with Crippen LogP contribution >= 0.6 is 12.4 Å². The number of aromatic nitrogens is 2. The van der Waals surface area contributed by atoms with Crippen LogP contribution in [0.15, 0.2) is 28.8 Å². The van der Waals surface area contributed by atoms with Gasteiger partial charge in [0.25, 0.3) is 0 Å². The lowest BCUT2D eigenvalue weighted by Crippen LogP contribution is -1.86. The van der Waals surface area contributed by atoms with Gasteiger partial charge >= 0.3 is 0 Å². The van der Waals surface area contributed by atoms with Crippen LogP contribution in [0.5, 0.6) is 0 Å². The molecule has 5 heteroatoms. The maximum atomic E-state index is 5.62. The number of nitrogen functional groups attached to an aromatic ring is 1. The highest BCUT2D eigenvalue weighted by Gasteiger charge is 2.04. The van der Waals surface area contributed by atoms with E-state index < -0.39 is 0 Å². The van der Waals surface area contributed by atoms with Gasteiger partial charge in [-0.05, 0) is 12.1 Å². The minimum absolute atomic E-state index is 0. The van der Waals surface area contributed by atoms with Crippen molar-refractivity contribution in [1.82, 2.24) is 10.1 Å². The van der Waals surface area contributed by atoms with Crippen LogP contribution in [0, 0.1) is 6.92 Å². The summed E-state index contributed by atoms with van der Waals surface area (Å²) >= 11 is 0. The highest BCUT2D eigenvalue weighted by atomic mass is 35.5. The van der Waals surface area contributed by atoms with Gasteiger partial charge in [0.15, 0.2) is 0 Å². The minimum Gasteiger partial charge on any atom is -0.399 e. The Bertz CT molecular complexity index is 428. The number of anilines is 1. The standard InChI is InChI=1S/C9H9N3O.ClH/c1-6-11-9(12-13-6)7-3-2-4-8(10)5-7;/h2-5H,10H2,1H3;1H. The molecule has 0 aliphatic heterocycles. The summed E-state index contributed by atoms with van der Waals surface area (Å²) < 4.78 is 4.86. The van der Waals surface area contributed by atoms with Crippen LogP contribution in [0.25, 0.3) is 11.4 Å². The maximum Gasteiger partial charge on any atom is 0.223 e. The van der Waals surface area contributed by atoms with Crippen molar-refractivity contribution in [2.24, 2.45) is 0 Å². The second-order valence-corrected chi connectivity index (χ2v) is 2.76. The number of nitrogens with zero attached hydrogens (tertiary/aromatic N) is 2. The quantitative estimate of drug-likeness (QED) is 0.734. The summed E-state index contributed by atoms with van der Waals surface area (Å²) in [5.41, 5.74) is 7.18. The molecule has 0 aliphatic rings. The predicted octanol–water partition coefficient (Wildman–Crippen LogP) is 2.05. The predicted molar refractivity (Wildman–Crippen MR) is 56.1 cm³/mol. The first-order valence-corrected chi connectivity index (χ1v) is 3.92. The average Bonchev–Trinajstić information content (AvgIpc) is 2.52. The highest BCUT2D eigenvalue weighted by Crippen LogP contribution is 2.17. The molecule has 0 bridgehead atoms. The van der Waals surface area contributed by atoms with Crippen molar-refractivity contribution in [3.8, 4) is 11.4 Å². The largest absolute Gasteiger partial charge is 0.399 e. The number of nitrogens with two attached hydrogens (primary N) is 1. The number of halogens is 1. The van der Waals surface area contributed by atoms with Gasteiger partial charge in [-0.2, -0.15) is 4.98 Å². The van der Waals surface area contributed by atoms with Crippen LogP contribution in [0.1, 0.15) is 5.89 Å². The average molecular weight is 212 g/mol. The SMILES string of the molecule is Cc1nc(-c2cccc(N)c2)no1.Cl. The van der Waals surface area contributed by atoms with Crippen molar-refractivity contribution in [2.75, 3.05) is 5.73 Å². The number of hydrogen-bond acceptors (Lipinski definition) is 4. The van der Waals surface area contributed by atoms with Gasteiger partial charge in [0.1, 0.15) is 0 Å². The first kappa shape index (κ1) is 10.5. The van der Waals surface area contributed by atoms with E-state index in [0.29, 0.717) is 17.4 Å². The molecule has 0 aliphatic carbocycles. The second kappa shape index (κ2) is 4.11. The van der Waals surface area contributed by atoms with Crippen LogP contribution < -0.4 is 5.73 Å². The Morgan fingerprint density at radius 1 is 1.36 bits per heavy atom. The van der Waals surface area contributed by atoms with Crippen LogP contribution in [-0.2, 0) is 0 Å². The van der Waals surface area contributed by atoms with Crippen molar-refractivity contribution in [2.45, 2.75) is 6.92 Å². The van der Waals surface area contributed by atoms with E-state index >= 15 is 0 Å². The van der Waals surface area contributed by atoms with Gasteiger partial charge in [-0.25, -0.2) is 0 Å². The third-order valence-electron chi connectivity index (χ3n) is 1.67. The summed E-state index contributed by atoms with van der Waals surface area (Å²) in [6.07, 6.45) is 0. The van der Waals surface area contributed by atoms with Crippen molar-refractivity contribution in [3.63, 3.8) is 0 Å². The van der Waals surface area contributed by atoms with E-state index in [-0.39, 0.29) is 12.4 Å². The van der Waals surface area contributed by atoms with Crippen LogP contribution in [0.3, 0.4) is 0 Å². The third kappa shape index (κ3) is 2.03. The lowest BCUT2D eigenvalue weighted by Gasteiger charge is -1.94. The van der Waals surface area contributed by atoms with E-state index in [4.69, 9.17) is 10.3 Å². The highest BCUT2D eigenvalue weighted by molar-refractivity contribution is 5.85. The lowest BCUT2D eigenvalue weighted by molar-refractivity contribution is 0.394. The summed E-state index contributed by atoms with van der Waals surface area (Å²) in [5, 5.41) is 3.79. The molecule has 74 valence electrons. The van der Waals surface area contributed by atoms with Gasteiger partial charge in [0, 0.05) is 18.2 Å². The molecular weight excluding hydrogens is 202 g/mol. The topological polar surface area (TPSA) is 64.9 Å². The van der Waals surface area contributed by atoms with Gasteiger partial charge in [0.05, 0.1) is 0 Å². The smallest absolute Gasteiger partial charge is 0.223 e. The van der Waals surface area contributed by atoms with Gasteiger partial charge in [-0.15, -0.1) is 12.4 Å². The summed E-state index contributed by atoms with van der Waals surface area (Å²) in [6, 6.07) is 7.37. The Labute approximate surface area is 87.5 Å². The molecular formula is C9H10ClN3O. The van der Waals surface area contributed by atoms with E-state index in [1.54, 1.807) is 6.92 Å². The molecule has 2 N–H and O–H groups in total. The van der Waals surface area contributed by atoms with Gasteiger partial charge in [-0.1, -0.05) is 17.3 Å². The van der Waals surface area contributed by atoms with Crippen molar-refractivity contribution in [1.29, 1.82) is 0 Å². The molecule has 0 spiro atoms. The third-order valence-corrected chi connectivity index (χ3v) is 1.67. The first-order chi connectivity index (χ1) is 6.25. The van der Waals surface area contributed by atoms with E-state index in [1.807, 2.05) is 24.3 Å². The van der Waals surface area contributed by atoms with E-state index in [2.05, 4.69) is 10.1 Å². The Hall–Kier alpha value is -1.55. The van der Waals surface area contributed by atoms with Gasteiger partial charge < -0.3 is 10.3 Å². The molecule has 2 rings (SSSR count). The van der Waals surface area contributed by atoms with E-state index in [0.717, 1.165) is 5.56 Å². The molecule has 0 atom stereocenters. The summed E-state index contributed by atoms with van der Waals surface area (Å²) in [7, 11) is 0. The van der Waals surface area contributed by atoms with Crippen LogP contribution in [-0.4, -0.2) is 10.1 Å². The molecule has 0 amide bonds. The molecule has 0 fully saturated rings. The number of rotatable bonds is 1. The maximum absolute atomic E-state index is 5.62. The monoisotopic (exact) mass is 211 g/mol. The van der Waals surface area contributed by atoms with Crippen LogP contribution in [0.2, 0.25) is 0 Å². The summed E-state index contributed by atoms with van der Waals surface area (Å²) in [4.78, 5) is 4.09. The molecule has 0 saturated heterocycles. The molecule has 0 saturated carbocycles. The zero-order valence-corrected chi connectivity index (χ0v) is 8.41. The minimum atomic E-state index is 0. The van der Waals surface area contributed by atoms with Crippen molar-refractivity contribution in [3.05, 3.63) is 30.2 Å². The number of hydrogen-bond donors (Lipinski definition) is 1. The molecule has 0 radical (unpaired) electrons. The molecule has 4 nitrogen and oxygen atoms in total. The molecule has 1 heterocycles. The van der Waals surface area contributed by atoms with Gasteiger partial charge in [-0.3, -0.25) is 0 Å². The van der Waals surface area contributed by atoms with E-state index in [9.17, 15) is 0 Å². The zero-order valence-electron chi connectivity index (χ0n) is 7.60. The first-order valence-electron chi connectivity index (χ1n) is 3.92.